The SMILES string of the molecule is C[P+](CCO)(CCO)CCO.[OH-]. The van der Waals surface area contributed by atoms with Crippen LogP contribution in [0.15, 0.2) is 0 Å². The second-order valence-corrected chi connectivity index (χ2v) is 7.54. The lowest BCUT2D eigenvalue weighted by molar-refractivity contribution is 0.308. The van der Waals surface area contributed by atoms with Gasteiger partial charge in [0.1, 0.15) is 0 Å². The van der Waals surface area contributed by atoms with E-state index in [4.69, 9.17) is 15.3 Å². The molecule has 0 saturated heterocycles. The summed E-state index contributed by atoms with van der Waals surface area (Å²) >= 11 is 0. The summed E-state index contributed by atoms with van der Waals surface area (Å²) in [7, 11) is -1.22. The molecular formula is C7H19O4P. The molecule has 0 aromatic carbocycles. The Morgan fingerprint density at radius 3 is 1.25 bits per heavy atom. The van der Waals surface area contributed by atoms with Gasteiger partial charge in [-0.05, 0) is 0 Å². The summed E-state index contributed by atoms with van der Waals surface area (Å²) in [6.07, 6.45) is 2.27. The normalized spacial score (nSPS) is 11.0. The first kappa shape index (κ1) is 14.8. The van der Waals surface area contributed by atoms with Crippen molar-refractivity contribution in [2.75, 3.05) is 45.0 Å². The first-order chi connectivity index (χ1) is 5.18. The lowest BCUT2D eigenvalue weighted by Crippen LogP contribution is -2.13. The van der Waals surface area contributed by atoms with Gasteiger partial charge in [0.2, 0.25) is 0 Å². The lowest BCUT2D eigenvalue weighted by atomic mass is 10.8. The first-order valence-corrected chi connectivity index (χ1v) is 6.64. The van der Waals surface area contributed by atoms with E-state index < -0.39 is 7.26 Å². The second-order valence-electron chi connectivity index (χ2n) is 2.96. The average molecular weight is 198 g/mol. The molecule has 4 N–H and O–H groups in total. The standard InChI is InChI=1S/C7H18O3P.H2O/c1-11(5-2-8,6-3-9)7-4-10;/h8-10H,2-7H2,1H3;1H2/q+1;/p-1. The highest BCUT2D eigenvalue weighted by atomic mass is 31.2. The van der Waals surface area contributed by atoms with Crippen molar-refractivity contribution in [2.24, 2.45) is 0 Å². The van der Waals surface area contributed by atoms with Crippen molar-refractivity contribution in [3.05, 3.63) is 0 Å². The van der Waals surface area contributed by atoms with E-state index >= 15 is 0 Å². The molecule has 0 rings (SSSR count). The molecule has 0 aliphatic heterocycles. The molecule has 0 aromatic rings. The van der Waals surface area contributed by atoms with E-state index in [-0.39, 0.29) is 25.3 Å². The van der Waals surface area contributed by atoms with E-state index in [0.29, 0.717) is 0 Å². The van der Waals surface area contributed by atoms with E-state index in [1.165, 1.54) is 0 Å². The van der Waals surface area contributed by atoms with E-state index in [0.717, 1.165) is 18.5 Å². The topological polar surface area (TPSA) is 90.7 Å². The third kappa shape index (κ3) is 5.86. The molecule has 0 saturated carbocycles. The fraction of sp³-hybridized carbons (Fsp3) is 1.00. The summed E-state index contributed by atoms with van der Waals surface area (Å²) in [6, 6.07) is 0. The van der Waals surface area contributed by atoms with Crippen LogP contribution in [0, 0.1) is 0 Å². The monoisotopic (exact) mass is 198 g/mol. The van der Waals surface area contributed by atoms with Crippen molar-refractivity contribution >= 4 is 7.26 Å². The molecule has 0 radical (unpaired) electrons. The second kappa shape index (κ2) is 7.90. The van der Waals surface area contributed by atoms with Crippen LogP contribution in [0.3, 0.4) is 0 Å². The molecule has 0 unspecified atom stereocenters. The average Bonchev–Trinajstić information content (AvgIpc) is 1.88. The Morgan fingerprint density at radius 1 is 0.833 bits per heavy atom. The summed E-state index contributed by atoms with van der Waals surface area (Å²) in [5.74, 6) is 0. The number of hydrogen-bond acceptors (Lipinski definition) is 4. The van der Waals surface area contributed by atoms with Crippen LogP contribution in [0.4, 0.5) is 0 Å². The Hall–Kier alpha value is 0.270. The van der Waals surface area contributed by atoms with Gasteiger partial charge in [0, 0.05) is 13.9 Å². The fourth-order valence-corrected chi connectivity index (χ4v) is 3.18. The minimum Gasteiger partial charge on any atom is -0.870 e. The van der Waals surface area contributed by atoms with Crippen LogP contribution < -0.4 is 0 Å². The van der Waals surface area contributed by atoms with Crippen molar-refractivity contribution < 1.29 is 20.8 Å². The Kier molecular flexibility index (Phi) is 9.72. The van der Waals surface area contributed by atoms with Gasteiger partial charge in [-0.15, -0.1) is 0 Å². The Balaban J connectivity index is 0. The summed E-state index contributed by atoms with van der Waals surface area (Å²) in [4.78, 5) is 0. The van der Waals surface area contributed by atoms with E-state index in [1.807, 2.05) is 0 Å². The van der Waals surface area contributed by atoms with Gasteiger partial charge in [-0.1, -0.05) is 0 Å². The fourth-order valence-electron chi connectivity index (χ4n) is 1.06. The van der Waals surface area contributed by atoms with Crippen molar-refractivity contribution in [2.45, 2.75) is 0 Å². The number of hydrogen-bond donors (Lipinski definition) is 3. The molecule has 0 bridgehead atoms. The minimum atomic E-state index is -1.22. The molecule has 0 heterocycles. The van der Waals surface area contributed by atoms with Crippen molar-refractivity contribution in [1.29, 1.82) is 0 Å². The van der Waals surface area contributed by atoms with Gasteiger partial charge in [-0.25, -0.2) is 0 Å². The highest BCUT2D eigenvalue weighted by Crippen LogP contribution is 2.53. The molecule has 0 aliphatic carbocycles. The number of aliphatic hydroxyl groups excluding tert-OH is 3. The minimum absolute atomic E-state index is 0. The molecule has 5 heteroatoms. The molecule has 76 valence electrons. The van der Waals surface area contributed by atoms with Crippen LogP contribution in [0.25, 0.3) is 0 Å². The highest BCUT2D eigenvalue weighted by Gasteiger charge is 2.29. The Morgan fingerprint density at radius 2 is 1.08 bits per heavy atom. The van der Waals surface area contributed by atoms with Crippen LogP contribution >= 0.6 is 7.26 Å². The van der Waals surface area contributed by atoms with Gasteiger partial charge in [-0.2, -0.15) is 0 Å². The zero-order valence-corrected chi connectivity index (χ0v) is 8.37. The third-order valence-electron chi connectivity index (χ3n) is 1.92. The molecular weight excluding hydrogens is 179 g/mol. The van der Waals surface area contributed by atoms with Crippen molar-refractivity contribution in [1.82, 2.24) is 0 Å². The molecule has 4 nitrogen and oxygen atoms in total. The predicted octanol–water partition coefficient (Wildman–Crippen LogP) is -0.566. The first-order valence-electron chi connectivity index (χ1n) is 3.84. The smallest absolute Gasteiger partial charge is 0.0824 e. The molecule has 0 atom stereocenters. The van der Waals surface area contributed by atoms with E-state index in [1.54, 1.807) is 0 Å². The van der Waals surface area contributed by atoms with Gasteiger partial charge >= 0.3 is 0 Å². The van der Waals surface area contributed by atoms with E-state index in [9.17, 15) is 0 Å². The molecule has 0 spiro atoms. The largest absolute Gasteiger partial charge is 0.870 e. The summed E-state index contributed by atoms with van der Waals surface area (Å²) in [6.45, 7) is 2.59. The van der Waals surface area contributed by atoms with Gasteiger partial charge in [-0.3, -0.25) is 0 Å². The third-order valence-corrected chi connectivity index (χ3v) is 5.76. The van der Waals surface area contributed by atoms with Crippen LogP contribution in [0.2, 0.25) is 0 Å². The van der Waals surface area contributed by atoms with Gasteiger partial charge in [0.15, 0.2) is 0 Å². The maximum absolute atomic E-state index is 8.72. The summed E-state index contributed by atoms with van der Waals surface area (Å²) in [5, 5.41) is 26.2. The molecule has 0 aliphatic rings. The quantitative estimate of drug-likeness (QED) is 0.499. The summed E-state index contributed by atoms with van der Waals surface area (Å²) in [5.41, 5.74) is 0. The molecule has 0 aromatic heterocycles. The molecule has 0 fully saturated rings. The maximum atomic E-state index is 8.72. The zero-order valence-electron chi connectivity index (χ0n) is 7.48. The van der Waals surface area contributed by atoms with Crippen molar-refractivity contribution in [3.8, 4) is 0 Å². The lowest BCUT2D eigenvalue weighted by Gasteiger charge is -2.19. The highest BCUT2D eigenvalue weighted by molar-refractivity contribution is 7.75. The Labute approximate surface area is 73.9 Å². The van der Waals surface area contributed by atoms with Gasteiger partial charge in [0.25, 0.3) is 0 Å². The van der Waals surface area contributed by atoms with Gasteiger partial charge in [0.05, 0.1) is 38.3 Å². The van der Waals surface area contributed by atoms with Crippen LogP contribution in [0.5, 0.6) is 0 Å². The number of aliphatic hydroxyl groups is 3. The predicted molar refractivity (Wildman–Crippen MR) is 50.6 cm³/mol. The number of rotatable bonds is 6. The Bertz CT molecular complexity index is 82.4. The zero-order chi connectivity index (χ0) is 8.74. The van der Waals surface area contributed by atoms with Crippen LogP contribution in [-0.2, 0) is 0 Å². The van der Waals surface area contributed by atoms with E-state index in [2.05, 4.69) is 6.66 Å². The molecule has 12 heavy (non-hydrogen) atoms. The summed E-state index contributed by atoms with van der Waals surface area (Å²) < 4.78 is 0. The van der Waals surface area contributed by atoms with Crippen molar-refractivity contribution in [3.63, 3.8) is 0 Å². The van der Waals surface area contributed by atoms with Crippen LogP contribution in [0.1, 0.15) is 0 Å². The maximum Gasteiger partial charge on any atom is 0.0824 e. The molecule has 0 amide bonds. The van der Waals surface area contributed by atoms with Gasteiger partial charge < -0.3 is 20.8 Å². The van der Waals surface area contributed by atoms with Crippen LogP contribution in [-0.4, -0.2) is 65.8 Å².